The zero-order chi connectivity index (χ0) is 13.1. The van der Waals surface area contributed by atoms with Gasteiger partial charge in [0.2, 0.25) is 0 Å². The molecule has 1 aromatic carbocycles. The summed E-state index contributed by atoms with van der Waals surface area (Å²) in [7, 11) is 0. The average Bonchev–Trinajstić information content (AvgIpc) is 2.79. The highest BCUT2D eigenvalue weighted by Crippen LogP contribution is 2.32. The zero-order valence-electron chi connectivity index (χ0n) is 10.1. The number of aliphatic hydroxyl groups excluding tert-OH is 1. The van der Waals surface area contributed by atoms with Gasteiger partial charge in [-0.15, -0.1) is 0 Å². The number of hydrogen-bond donors (Lipinski definition) is 1. The van der Waals surface area contributed by atoms with E-state index >= 15 is 0 Å². The molecule has 0 saturated carbocycles. The van der Waals surface area contributed by atoms with Gasteiger partial charge in [0.15, 0.2) is 4.34 Å². The molecule has 0 aliphatic rings. The Morgan fingerprint density at radius 3 is 2.83 bits per heavy atom. The van der Waals surface area contributed by atoms with Crippen molar-refractivity contribution in [1.82, 2.24) is 9.36 Å². The quantitative estimate of drug-likeness (QED) is 0.934. The van der Waals surface area contributed by atoms with Crippen LogP contribution in [0.2, 0.25) is 0 Å². The molecular formula is C12H13FN2OS2. The van der Waals surface area contributed by atoms with Crippen molar-refractivity contribution in [2.75, 3.05) is 0 Å². The molecule has 0 aliphatic carbocycles. The molecule has 6 heteroatoms. The average molecular weight is 284 g/mol. The number of aryl methyl sites for hydroxylation is 1. The molecule has 0 aliphatic heterocycles. The first kappa shape index (κ1) is 13.5. The number of nitrogens with zero attached hydrogens (tertiary/aromatic N) is 2. The lowest BCUT2D eigenvalue weighted by atomic mass is 10.1. The minimum Gasteiger partial charge on any atom is -0.389 e. The lowest BCUT2D eigenvalue weighted by Gasteiger charge is -2.06. The van der Waals surface area contributed by atoms with Crippen molar-refractivity contribution in [3.8, 4) is 0 Å². The van der Waals surface area contributed by atoms with Crippen molar-refractivity contribution >= 4 is 23.3 Å². The van der Waals surface area contributed by atoms with Crippen LogP contribution in [0.25, 0.3) is 0 Å². The Morgan fingerprint density at radius 1 is 1.50 bits per heavy atom. The minimum atomic E-state index is -0.660. The zero-order valence-corrected chi connectivity index (χ0v) is 11.7. The van der Waals surface area contributed by atoms with E-state index in [4.69, 9.17) is 0 Å². The highest BCUT2D eigenvalue weighted by Gasteiger charge is 2.11. The summed E-state index contributed by atoms with van der Waals surface area (Å²) in [6.07, 6.45) is 0.118. The van der Waals surface area contributed by atoms with Gasteiger partial charge >= 0.3 is 0 Å². The summed E-state index contributed by atoms with van der Waals surface area (Å²) in [6.45, 7) is 3.59. The third kappa shape index (κ3) is 3.07. The standard InChI is InChI=1S/C12H13FN2OS2/c1-3-11-14-12(18-15-11)17-10-5-4-8(7(2)16)6-9(10)13/h4-7,16H,3H2,1-2H3. The summed E-state index contributed by atoms with van der Waals surface area (Å²) >= 11 is 2.53. The van der Waals surface area contributed by atoms with Gasteiger partial charge in [0.25, 0.3) is 0 Å². The Labute approximate surface area is 113 Å². The Bertz CT molecular complexity index is 543. The fourth-order valence-corrected chi connectivity index (χ4v) is 3.04. The van der Waals surface area contributed by atoms with Crippen LogP contribution in [0.1, 0.15) is 31.3 Å². The summed E-state index contributed by atoms with van der Waals surface area (Å²) < 4.78 is 18.7. The monoisotopic (exact) mass is 284 g/mol. The van der Waals surface area contributed by atoms with Gasteiger partial charge in [0, 0.05) is 6.42 Å². The Morgan fingerprint density at radius 2 is 2.28 bits per heavy atom. The van der Waals surface area contributed by atoms with Gasteiger partial charge < -0.3 is 5.11 Å². The van der Waals surface area contributed by atoms with Crippen LogP contribution in [-0.4, -0.2) is 14.5 Å². The molecule has 0 spiro atoms. The number of aromatic nitrogens is 2. The van der Waals surface area contributed by atoms with E-state index in [1.165, 1.54) is 29.4 Å². The molecule has 0 saturated heterocycles. The molecule has 2 rings (SSSR count). The molecule has 0 amide bonds. The molecule has 1 N–H and O–H groups in total. The van der Waals surface area contributed by atoms with Gasteiger partial charge in [0.1, 0.15) is 11.6 Å². The van der Waals surface area contributed by atoms with E-state index in [9.17, 15) is 9.50 Å². The first-order chi connectivity index (χ1) is 8.60. The molecule has 3 nitrogen and oxygen atoms in total. The molecule has 2 aromatic rings. The van der Waals surface area contributed by atoms with Gasteiger partial charge in [0.05, 0.1) is 11.0 Å². The van der Waals surface area contributed by atoms with Gasteiger partial charge in [-0.2, -0.15) is 4.37 Å². The van der Waals surface area contributed by atoms with Crippen LogP contribution < -0.4 is 0 Å². The number of rotatable bonds is 4. The molecule has 1 heterocycles. The Balaban J connectivity index is 2.19. The third-order valence-electron chi connectivity index (χ3n) is 2.40. The molecule has 0 bridgehead atoms. The maximum absolute atomic E-state index is 13.8. The summed E-state index contributed by atoms with van der Waals surface area (Å²) in [5, 5.41) is 9.37. The summed E-state index contributed by atoms with van der Waals surface area (Å²) in [4.78, 5) is 4.78. The molecular weight excluding hydrogens is 271 g/mol. The van der Waals surface area contributed by atoms with Gasteiger partial charge in [-0.05, 0) is 36.2 Å². The van der Waals surface area contributed by atoms with Gasteiger partial charge in [-0.25, -0.2) is 9.37 Å². The smallest absolute Gasteiger partial charge is 0.174 e. The Kier molecular flexibility index (Phi) is 4.31. The fourth-order valence-electron chi connectivity index (χ4n) is 1.38. The van der Waals surface area contributed by atoms with Gasteiger partial charge in [-0.1, -0.05) is 24.8 Å². The van der Waals surface area contributed by atoms with Crippen LogP contribution in [0, 0.1) is 5.82 Å². The second-order valence-corrected chi connectivity index (χ2v) is 5.84. The lowest BCUT2D eigenvalue weighted by molar-refractivity contribution is 0.198. The third-order valence-corrected chi connectivity index (χ3v) is 4.24. The van der Waals surface area contributed by atoms with Crippen LogP contribution in [0.5, 0.6) is 0 Å². The van der Waals surface area contributed by atoms with Crippen molar-refractivity contribution in [3.05, 3.63) is 35.4 Å². The van der Waals surface area contributed by atoms with E-state index in [1.807, 2.05) is 6.92 Å². The predicted molar refractivity (Wildman–Crippen MR) is 70.4 cm³/mol. The summed E-state index contributed by atoms with van der Waals surface area (Å²) in [6, 6.07) is 4.74. The molecule has 0 fully saturated rings. The number of halogens is 1. The maximum Gasteiger partial charge on any atom is 0.174 e. The second-order valence-electron chi connectivity index (χ2n) is 3.80. The lowest BCUT2D eigenvalue weighted by Crippen LogP contribution is -1.92. The van der Waals surface area contributed by atoms with E-state index in [0.29, 0.717) is 10.5 Å². The van der Waals surface area contributed by atoms with Crippen molar-refractivity contribution in [1.29, 1.82) is 0 Å². The highest BCUT2D eigenvalue weighted by atomic mass is 32.2. The molecule has 1 aromatic heterocycles. The van der Waals surface area contributed by atoms with Crippen LogP contribution in [-0.2, 0) is 6.42 Å². The molecule has 96 valence electrons. The SMILES string of the molecule is CCc1nsc(Sc2ccc(C(C)O)cc2F)n1. The minimum absolute atomic E-state index is 0.341. The second kappa shape index (κ2) is 5.77. The Hall–Kier alpha value is -0.980. The molecule has 1 atom stereocenters. The van der Waals surface area contributed by atoms with Crippen LogP contribution in [0.4, 0.5) is 4.39 Å². The fraction of sp³-hybridized carbons (Fsp3) is 0.333. The van der Waals surface area contributed by atoms with Crippen molar-refractivity contribution in [2.24, 2.45) is 0 Å². The van der Waals surface area contributed by atoms with Crippen molar-refractivity contribution < 1.29 is 9.50 Å². The number of aliphatic hydroxyl groups is 1. The molecule has 18 heavy (non-hydrogen) atoms. The van der Waals surface area contributed by atoms with Gasteiger partial charge in [-0.3, -0.25) is 0 Å². The summed E-state index contributed by atoms with van der Waals surface area (Å²) in [5.74, 6) is 0.440. The predicted octanol–water partition coefficient (Wildman–Crippen LogP) is 3.44. The van der Waals surface area contributed by atoms with E-state index < -0.39 is 6.10 Å². The van der Waals surface area contributed by atoms with Crippen LogP contribution in [0.3, 0.4) is 0 Å². The number of benzene rings is 1. The number of hydrogen-bond acceptors (Lipinski definition) is 5. The molecule has 1 unspecified atom stereocenters. The normalized spacial score (nSPS) is 12.7. The van der Waals surface area contributed by atoms with E-state index in [2.05, 4.69) is 9.36 Å². The van der Waals surface area contributed by atoms with Crippen molar-refractivity contribution in [2.45, 2.75) is 35.6 Å². The topological polar surface area (TPSA) is 46.0 Å². The van der Waals surface area contributed by atoms with Crippen LogP contribution in [0.15, 0.2) is 27.4 Å². The first-order valence-electron chi connectivity index (χ1n) is 5.58. The largest absolute Gasteiger partial charge is 0.389 e. The molecule has 0 radical (unpaired) electrons. The maximum atomic E-state index is 13.8. The highest BCUT2D eigenvalue weighted by molar-refractivity contribution is 8.01. The summed E-state index contributed by atoms with van der Waals surface area (Å²) in [5.41, 5.74) is 0.573. The van der Waals surface area contributed by atoms with E-state index in [1.54, 1.807) is 19.1 Å². The van der Waals surface area contributed by atoms with E-state index in [0.717, 1.165) is 16.6 Å². The van der Waals surface area contributed by atoms with Crippen LogP contribution >= 0.6 is 23.3 Å². The van der Waals surface area contributed by atoms with E-state index in [-0.39, 0.29) is 5.82 Å². The first-order valence-corrected chi connectivity index (χ1v) is 7.17. The van der Waals surface area contributed by atoms with Crippen molar-refractivity contribution in [3.63, 3.8) is 0 Å².